The second kappa shape index (κ2) is 3.35. The van der Waals surface area contributed by atoms with E-state index in [1.54, 1.807) is 0 Å². The average Bonchev–Trinajstić information content (AvgIpc) is 3.11. The maximum Gasteiger partial charge on any atom is 0.0329 e. The summed E-state index contributed by atoms with van der Waals surface area (Å²) in [7, 11) is 0. The first kappa shape index (κ1) is 8.93. The second-order valence-electron chi connectivity index (χ2n) is 4.43. The fraction of sp³-hybridized carbons (Fsp3) is 0.286. The highest BCUT2D eigenvalue weighted by molar-refractivity contribution is 5.86. The van der Waals surface area contributed by atoms with Crippen LogP contribution in [-0.2, 0) is 0 Å². The highest BCUT2D eigenvalue weighted by Crippen LogP contribution is 2.41. The molecule has 2 N–H and O–H groups in total. The predicted molar refractivity (Wildman–Crippen MR) is 63.6 cm³/mol. The topological polar surface area (TPSA) is 26.0 Å². The molecule has 1 atom stereocenters. The molecule has 2 aromatic rings. The molecule has 3 rings (SSSR count). The Morgan fingerprint density at radius 3 is 2.53 bits per heavy atom. The average molecular weight is 197 g/mol. The normalized spacial score (nSPS) is 17.9. The van der Waals surface area contributed by atoms with Gasteiger partial charge in [-0.3, -0.25) is 0 Å². The van der Waals surface area contributed by atoms with Crippen molar-refractivity contribution in [2.24, 2.45) is 11.7 Å². The summed E-state index contributed by atoms with van der Waals surface area (Å²) in [6, 6.07) is 15.2. The maximum atomic E-state index is 6.27. The number of hydrogen-bond acceptors (Lipinski definition) is 1. The van der Waals surface area contributed by atoms with Gasteiger partial charge in [-0.1, -0.05) is 42.5 Å². The van der Waals surface area contributed by atoms with Gasteiger partial charge in [0.25, 0.3) is 0 Å². The van der Waals surface area contributed by atoms with Crippen LogP contribution < -0.4 is 5.73 Å². The van der Waals surface area contributed by atoms with E-state index in [1.807, 2.05) is 0 Å². The van der Waals surface area contributed by atoms with Crippen molar-refractivity contribution in [3.63, 3.8) is 0 Å². The van der Waals surface area contributed by atoms with Crippen molar-refractivity contribution >= 4 is 10.8 Å². The summed E-state index contributed by atoms with van der Waals surface area (Å²) in [5.41, 5.74) is 7.58. The zero-order chi connectivity index (χ0) is 10.3. The van der Waals surface area contributed by atoms with Gasteiger partial charge in [0, 0.05) is 6.04 Å². The third-order valence-corrected chi connectivity index (χ3v) is 3.31. The molecule has 0 bridgehead atoms. The van der Waals surface area contributed by atoms with Crippen molar-refractivity contribution in [3.8, 4) is 0 Å². The molecule has 1 saturated carbocycles. The van der Waals surface area contributed by atoms with E-state index < -0.39 is 0 Å². The van der Waals surface area contributed by atoms with Crippen LogP contribution in [0.15, 0.2) is 42.5 Å². The lowest BCUT2D eigenvalue weighted by Crippen LogP contribution is -2.12. The molecule has 1 aliphatic carbocycles. The zero-order valence-electron chi connectivity index (χ0n) is 8.69. The summed E-state index contributed by atoms with van der Waals surface area (Å²) < 4.78 is 0. The Hall–Kier alpha value is -1.34. The third kappa shape index (κ3) is 1.53. The smallest absolute Gasteiger partial charge is 0.0329 e. The molecule has 15 heavy (non-hydrogen) atoms. The first-order valence-electron chi connectivity index (χ1n) is 5.59. The molecule has 0 spiro atoms. The van der Waals surface area contributed by atoms with Crippen molar-refractivity contribution < 1.29 is 0 Å². The van der Waals surface area contributed by atoms with Gasteiger partial charge in [-0.25, -0.2) is 0 Å². The van der Waals surface area contributed by atoms with Crippen LogP contribution in [0.25, 0.3) is 10.8 Å². The molecule has 0 aromatic heterocycles. The molecule has 1 heteroatoms. The van der Waals surface area contributed by atoms with Crippen LogP contribution in [0.5, 0.6) is 0 Å². The van der Waals surface area contributed by atoms with Crippen molar-refractivity contribution in [2.45, 2.75) is 18.9 Å². The summed E-state index contributed by atoms with van der Waals surface area (Å²) in [4.78, 5) is 0. The summed E-state index contributed by atoms with van der Waals surface area (Å²) >= 11 is 0. The second-order valence-corrected chi connectivity index (χ2v) is 4.43. The summed E-state index contributed by atoms with van der Waals surface area (Å²) in [6.07, 6.45) is 2.59. The quantitative estimate of drug-likeness (QED) is 0.785. The fourth-order valence-electron chi connectivity index (χ4n) is 2.25. The molecule has 1 fully saturated rings. The Bertz CT molecular complexity index is 480. The fourth-order valence-corrected chi connectivity index (χ4v) is 2.25. The molecule has 2 aromatic carbocycles. The van der Waals surface area contributed by atoms with Gasteiger partial charge in [0.05, 0.1) is 0 Å². The Morgan fingerprint density at radius 1 is 1.00 bits per heavy atom. The zero-order valence-corrected chi connectivity index (χ0v) is 8.69. The van der Waals surface area contributed by atoms with Crippen LogP contribution in [0.3, 0.4) is 0 Å². The summed E-state index contributed by atoms with van der Waals surface area (Å²) in [5, 5.41) is 2.62. The third-order valence-electron chi connectivity index (χ3n) is 3.31. The molecular formula is C14H15N. The standard InChI is InChI=1S/C14H15N/c15-14(11-8-9-11)13-7-3-5-10-4-1-2-6-12(10)13/h1-7,11,14H,8-9,15H2/t14-/m1/s1. The van der Waals surface area contributed by atoms with E-state index in [-0.39, 0.29) is 6.04 Å². The van der Waals surface area contributed by atoms with E-state index in [4.69, 9.17) is 5.73 Å². The molecular weight excluding hydrogens is 182 g/mol. The molecule has 0 amide bonds. The molecule has 0 radical (unpaired) electrons. The summed E-state index contributed by atoms with van der Waals surface area (Å²) in [5.74, 6) is 0.718. The molecule has 1 aliphatic rings. The molecule has 0 aliphatic heterocycles. The van der Waals surface area contributed by atoms with Crippen molar-refractivity contribution in [3.05, 3.63) is 48.0 Å². The first-order valence-corrected chi connectivity index (χ1v) is 5.59. The SMILES string of the molecule is N[C@@H](c1cccc2ccccc12)C1CC1. The number of fused-ring (bicyclic) bond motifs is 1. The van der Waals surface area contributed by atoms with Gasteiger partial charge in [-0.05, 0) is 35.1 Å². The van der Waals surface area contributed by atoms with Gasteiger partial charge in [0.2, 0.25) is 0 Å². The predicted octanol–water partition coefficient (Wildman–Crippen LogP) is 3.25. The van der Waals surface area contributed by atoms with E-state index in [0.717, 1.165) is 5.92 Å². The Labute approximate surface area is 89.9 Å². The molecule has 76 valence electrons. The molecule has 1 nitrogen and oxygen atoms in total. The van der Waals surface area contributed by atoms with Crippen molar-refractivity contribution in [2.75, 3.05) is 0 Å². The van der Waals surface area contributed by atoms with Crippen LogP contribution in [0, 0.1) is 5.92 Å². The van der Waals surface area contributed by atoms with Crippen LogP contribution in [0.4, 0.5) is 0 Å². The van der Waals surface area contributed by atoms with Crippen molar-refractivity contribution in [1.82, 2.24) is 0 Å². The van der Waals surface area contributed by atoms with Gasteiger partial charge >= 0.3 is 0 Å². The van der Waals surface area contributed by atoms with Gasteiger partial charge in [0.15, 0.2) is 0 Å². The van der Waals surface area contributed by atoms with Gasteiger partial charge in [-0.2, -0.15) is 0 Å². The largest absolute Gasteiger partial charge is 0.324 e. The number of hydrogen-bond donors (Lipinski definition) is 1. The molecule has 0 heterocycles. The van der Waals surface area contributed by atoms with Gasteiger partial charge < -0.3 is 5.73 Å². The first-order chi connectivity index (χ1) is 7.36. The van der Waals surface area contributed by atoms with E-state index in [0.29, 0.717) is 0 Å². The lowest BCUT2D eigenvalue weighted by atomic mass is 9.97. The highest BCUT2D eigenvalue weighted by atomic mass is 14.7. The molecule has 0 saturated heterocycles. The summed E-state index contributed by atoms with van der Waals surface area (Å²) in [6.45, 7) is 0. The minimum atomic E-state index is 0.232. The van der Waals surface area contributed by atoms with Crippen LogP contribution in [-0.4, -0.2) is 0 Å². The lowest BCUT2D eigenvalue weighted by molar-refractivity contribution is 0.638. The minimum Gasteiger partial charge on any atom is -0.324 e. The Morgan fingerprint density at radius 2 is 1.73 bits per heavy atom. The van der Waals surface area contributed by atoms with E-state index in [9.17, 15) is 0 Å². The van der Waals surface area contributed by atoms with E-state index >= 15 is 0 Å². The highest BCUT2D eigenvalue weighted by Gasteiger charge is 2.30. The van der Waals surface area contributed by atoms with Gasteiger partial charge in [0.1, 0.15) is 0 Å². The van der Waals surface area contributed by atoms with E-state index in [1.165, 1.54) is 29.2 Å². The maximum absolute atomic E-state index is 6.27. The van der Waals surface area contributed by atoms with Gasteiger partial charge in [-0.15, -0.1) is 0 Å². The monoisotopic (exact) mass is 197 g/mol. The minimum absolute atomic E-state index is 0.232. The Balaban J connectivity index is 2.16. The lowest BCUT2D eigenvalue weighted by Gasteiger charge is -2.13. The number of benzene rings is 2. The number of rotatable bonds is 2. The van der Waals surface area contributed by atoms with Crippen LogP contribution >= 0.6 is 0 Å². The van der Waals surface area contributed by atoms with Crippen LogP contribution in [0.1, 0.15) is 24.4 Å². The number of nitrogens with two attached hydrogens (primary N) is 1. The van der Waals surface area contributed by atoms with Crippen LogP contribution in [0.2, 0.25) is 0 Å². The van der Waals surface area contributed by atoms with E-state index in [2.05, 4.69) is 42.5 Å². The van der Waals surface area contributed by atoms with Crippen molar-refractivity contribution in [1.29, 1.82) is 0 Å². The Kier molecular flexibility index (Phi) is 2.00. The molecule has 0 unspecified atom stereocenters.